The molecule has 1 N–H and O–H groups in total. The lowest BCUT2D eigenvalue weighted by Gasteiger charge is -2.01. The van der Waals surface area contributed by atoms with E-state index in [9.17, 15) is 20.0 Å². The van der Waals surface area contributed by atoms with Crippen LogP contribution in [-0.2, 0) is 0 Å². The molecule has 3 heterocycles. The molecule has 0 aliphatic carbocycles. The lowest BCUT2D eigenvalue weighted by molar-refractivity contribution is -0.385. The summed E-state index contributed by atoms with van der Waals surface area (Å²) < 4.78 is 2.82. The van der Waals surface area contributed by atoms with Gasteiger partial charge >= 0.3 is 5.69 Å². The second-order valence-electron chi connectivity index (χ2n) is 5.26. The maximum atomic E-state index is 12.7. The molecule has 0 saturated heterocycles. The van der Waals surface area contributed by atoms with Gasteiger partial charge in [-0.3, -0.25) is 14.9 Å². The Morgan fingerprint density at radius 2 is 2.04 bits per heavy atom. The van der Waals surface area contributed by atoms with E-state index in [1.165, 1.54) is 22.6 Å². The number of nitrogens with zero attached hydrogens (tertiary/aromatic N) is 4. The number of imidazole rings is 1. The molecule has 0 aliphatic heterocycles. The Hall–Kier alpha value is -2.37. The van der Waals surface area contributed by atoms with E-state index in [2.05, 4.69) is 41.8 Å². The van der Waals surface area contributed by atoms with Gasteiger partial charge in [0.2, 0.25) is 5.75 Å². The van der Waals surface area contributed by atoms with Crippen LogP contribution in [0.15, 0.2) is 38.1 Å². The van der Waals surface area contributed by atoms with Crippen molar-refractivity contribution in [2.75, 3.05) is 0 Å². The number of phenols is 1. The van der Waals surface area contributed by atoms with Crippen molar-refractivity contribution in [2.45, 2.75) is 0 Å². The van der Waals surface area contributed by atoms with Gasteiger partial charge in [-0.15, -0.1) is 0 Å². The van der Waals surface area contributed by atoms with Crippen LogP contribution in [0.4, 0.5) is 5.69 Å². The third-order valence-electron chi connectivity index (χ3n) is 3.62. The molecule has 1 aromatic carbocycles. The summed E-state index contributed by atoms with van der Waals surface area (Å²) in [5.74, 6) is -0.504. The van der Waals surface area contributed by atoms with Gasteiger partial charge in [-0.25, -0.2) is 14.4 Å². The van der Waals surface area contributed by atoms with Crippen LogP contribution in [0.1, 0.15) is 5.56 Å². The van der Waals surface area contributed by atoms with Crippen LogP contribution in [-0.4, -0.2) is 24.4 Å². The number of halogens is 2. The van der Waals surface area contributed by atoms with E-state index in [1.54, 1.807) is 12.3 Å². The SMILES string of the molecule is O=c1/c(=C/c2cc(Br)cc([N+](=O)[O-])c2O)sc2nc3cc(Br)cnc3n12. The van der Waals surface area contributed by atoms with Crippen molar-refractivity contribution in [3.8, 4) is 5.75 Å². The molecule has 0 amide bonds. The van der Waals surface area contributed by atoms with Gasteiger partial charge in [0.05, 0.1) is 9.46 Å². The first-order chi connectivity index (χ1) is 12.3. The maximum Gasteiger partial charge on any atom is 0.312 e. The minimum Gasteiger partial charge on any atom is -0.502 e. The van der Waals surface area contributed by atoms with Gasteiger partial charge in [-0.2, -0.15) is 0 Å². The summed E-state index contributed by atoms with van der Waals surface area (Å²) >= 11 is 7.59. The van der Waals surface area contributed by atoms with Crippen molar-refractivity contribution in [2.24, 2.45) is 0 Å². The number of aromatic hydroxyl groups is 1. The van der Waals surface area contributed by atoms with E-state index in [0.29, 0.717) is 20.6 Å². The van der Waals surface area contributed by atoms with Gasteiger partial charge in [0, 0.05) is 26.8 Å². The Labute approximate surface area is 164 Å². The number of benzene rings is 1. The molecular formula is C15H6Br2N4O4S. The lowest BCUT2D eigenvalue weighted by Crippen LogP contribution is -2.23. The zero-order chi connectivity index (χ0) is 18.6. The molecule has 0 fully saturated rings. The molecule has 0 bridgehead atoms. The number of hydrogen-bond donors (Lipinski definition) is 1. The summed E-state index contributed by atoms with van der Waals surface area (Å²) in [7, 11) is 0. The first kappa shape index (κ1) is 17.1. The molecule has 26 heavy (non-hydrogen) atoms. The van der Waals surface area contributed by atoms with Crippen LogP contribution >= 0.6 is 43.2 Å². The normalized spacial score (nSPS) is 12.3. The number of phenolic OH excluding ortho intramolecular Hbond substituents is 1. The standard InChI is InChI=1S/C15H6Br2N4O4S/c16-7-1-6(12(22)10(4-7)21(24)25)2-11-14(23)20-13-9(19-15(20)26-11)3-8(17)5-18-13/h1-5,22H/b11-2-. The second-order valence-corrected chi connectivity index (χ2v) is 8.10. The molecule has 4 rings (SSSR count). The van der Waals surface area contributed by atoms with Crippen molar-refractivity contribution in [1.82, 2.24) is 14.4 Å². The molecule has 0 atom stereocenters. The van der Waals surface area contributed by atoms with E-state index in [-0.39, 0.29) is 15.7 Å². The predicted octanol–water partition coefficient (Wildman–Crippen LogP) is 2.99. The summed E-state index contributed by atoms with van der Waals surface area (Å²) in [6.45, 7) is 0. The quantitative estimate of drug-likeness (QED) is 0.336. The molecule has 0 spiro atoms. The van der Waals surface area contributed by atoms with Gasteiger partial charge in [-0.05, 0) is 34.1 Å². The molecule has 4 aromatic rings. The summed E-state index contributed by atoms with van der Waals surface area (Å²) in [6.07, 6.45) is 2.97. The molecular weight excluding hydrogens is 492 g/mol. The molecule has 11 heteroatoms. The van der Waals surface area contributed by atoms with Crippen molar-refractivity contribution in [3.05, 3.63) is 63.9 Å². The minimum atomic E-state index is -0.688. The zero-order valence-corrected chi connectivity index (χ0v) is 16.5. The topological polar surface area (TPSA) is 111 Å². The Morgan fingerprint density at radius 3 is 2.77 bits per heavy atom. The van der Waals surface area contributed by atoms with Gasteiger partial charge < -0.3 is 5.11 Å². The first-order valence-corrected chi connectivity index (χ1v) is 9.40. The van der Waals surface area contributed by atoms with Crippen molar-refractivity contribution < 1.29 is 10.0 Å². The zero-order valence-electron chi connectivity index (χ0n) is 12.5. The first-order valence-electron chi connectivity index (χ1n) is 7.00. The molecule has 130 valence electrons. The number of pyridine rings is 1. The fourth-order valence-corrected chi connectivity index (χ4v) is 4.26. The van der Waals surface area contributed by atoms with Gasteiger partial charge in [0.1, 0.15) is 5.52 Å². The molecule has 0 radical (unpaired) electrons. The fraction of sp³-hybridized carbons (Fsp3) is 0. The third-order valence-corrected chi connectivity index (χ3v) is 5.48. The maximum absolute atomic E-state index is 12.7. The van der Waals surface area contributed by atoms with Gasteiger partial charge in [-0.1, -0.05) is 27.3 Å². The lowest BCUT2D eigenvalue weighted by atomic mass is 10.1. The fourth-order valence-electron chi connectivity index (χ4n) is 2.51. The van der Waals surface area contributed by atoms with Crippen LogP contribution in [0.25, 0.3) is 22.2 Å². The Balaban J connectivity index is 2.00. The number of thiazole rings is 1. The van der Waals surface area contributed by atoms with E-state index in [4.69, 9.17) is 0 Å². The highest BCUT2D eigenvalue weighted by molar-refractivity contribution is 9.10. The molecule has 8 nitrogen and oxygen atoms in total. The Morgan fingerprint density at radius 1 is 1.27 bits per heavy atom. The average molecular weight is 498 g/mol. The summed E-state index contributed by atoms with van der Waals surface area (Å²) in [6, 6.07) is 4.45. The van der Waals surface area contributed by atoms with Gasteiger partial charge in [0.25, 0.3) is 5.56 Å². The number of rotatable bonds is 2. The monoisotopic (exact) mass is 496 g/mol. The number of hydrogen-bond acceptors (Lipinski definition) is 7. The highest BCUT2D eigenvalue weighted by Gasteiger charge is 2.18. The summed E-state index contributed by atoms with van der Waals surface area (Å²) in [5, 5.41) is 21.2. The largest absolute Gasteiger partial charge is 0.502 e. The van der Waals surface area contributed by atoms with E-state index in [0.717, 1.165) is 15.8 Å². The van der Waals surface area contributed by atoms with Crippen molar-refractivity contribution >= 4 is 71.1 Å². The van der Waals surface area contributed by atoms with Gasteiger partial charge in [0.15, 0.2) is 10.6 Å². The predicted molar refractivity (Wildman–Crippen MR) is 104 cm³/mol. The van der Waals surface area contributed by atoms with Crippen LogP contribution in [0.2, 0.25) is 0 Å². The molecule has 3 aromatic heterocycles. The van der Waals surface area contributed by atoms with Crippen LogP contribution in [0.3, 0.4) is 0 Å². The van der Waals surface area contributed by atoms with E-state index in [1.807, 2.05) is 0 Å². The van der Waals surface area contributed by atoms with Crippen LogP contribution in [0, 0.1) is 10.1 Å². The molecule has 0 unspecified atom stereocenters. The Kier molecular flexibility index (Phi) is 4.01. The number of nitro groups is 1. The average Bonchev–Trinajstić information content (AvgIpc) is 3.06. The molecule has 0 aliphatic rings. The van der Waals surface area contributed by atoms with E-state index >= 15 is 0 Å². The highest BCUT2D eigenvalue weighted by Crippen LogP contribution is 2.33. The third kappa shape index (κ3) is 2.68. The highest BCUT2D eigenvalue weighted by atomic mass is 79.9. The smallest absolute Gasteiger partial charge is 0.312 e. The van der Waals surface area contributed by atoms with Crippen molar-refractivity contribution in [3.63, 3.8) is 0 Å². The van der Waals surface area contributed by atoms with Crippen molar-refractivity contribution in [1.29, 1.82) is 0 Å². The number of nitro benzene ring substituents is 1. The summed E-state index contributed by atoms with van der Waals surface area (Å²) in [5.41, 5.74) is 0.358. The Bertz CT molecular complexity index is 1330. The second kappa shape index (κ2) is 6.11. The number of aromatic nitrogens is 3. The number of fused-ring (bicyclic) bond motifs is 3. The minimum absolute atomic E-state index is 0.160. The summed E-state index contributed by atoms with van der Waals surface area (Å²) in [4.78, 5) is 32.1. The van der Waals surface area contributed by atoms with Crippen LogP contribution < -0.4 is 10.1 Å². The molecule has 0 saturated carbocycles. The van der Waals surface area contributed by atoms with E-state index < -0.39 is 16.4 Å². The van der Waals surface area contributed by atoms with Crippen LogP contribution in [0.5, 0.6) is 5.75 Å².